The topological polar surface area (TPSA) is 49.3 Å². The monoisotopic (exact) mass is 119 g/mol. The zero-order valence-electron chi connectivity index (χ0n) is 4.43. The van der Waals surface area contributed by atoms with Crippen molar-refractivity contribution in [3.05, 3.63) is 0 Å². The first-order chi connectivity index (χ1) is 3.13. The largest absolute Gasteiger partial charge is 0.466 e. The minimum absolute atomic E-state index is 0.901. The van der Waals surface area contributed by atoms with Crippen LogP contribution in [0.5, 0.6) is 0 Å². The van der Waals surface area contributed by atoms with Crippen LogP contribution in [0.3, 0.4) is 0 Å². The number of hydrogen-bond donors (Lipinski definition) is 2. The van der Waals surface area contributed by atoms with Gasteiger partial charge in [-0.25, -0.2) is 4.79 Å². The van der Waals surface area contributed by atoms with Crippen molar-refractivity contribution in [3.8, 4) is 0 Å². The van der Waals surface area contributed by atoms with Crippen LogP contribution in [-0.2, 0) is 0 Å². The summed E-state index contributed by atoms with van der Waals surface area (Å²) in [6, 6.07) is 0. The Hall–Kier alpha value is -0.513. The molecule has 0 radical (unpaired) electrons. The second kappa shape index (κ2) is 2.63. The lowest BCUT2D eigenvalue weighted by Crippen LogP contribution is -2.31. The summed E-state index contributed by atoms with van der Waals surface area (Å²) in [6.07, 6.45) is -0.901. The molecule has 0 aliphatic rings. The molecular weight excluding hydrogens is 110 g/mol. The van der Waals surface area contributed by atoms with Gasteiger partial charge in [0.25, 0.3) is 0 Å². The summed E-state index contributed by atoms with van der Waals surface area (Å²) in [6.45, 7) is 3.82. The molecule has 4 heteroatoms. The van der Waals surface area contributed by atoms with Gasteiger partial charge in [-0.2, -0.15) is 0 Å². The Morgan fingerprint density at radius 3 is 2.14 bits per heavy atom. The molecule has 3 nitrogen and oxygen atoms in total. The fourth-order valence-corrected chi connectivity index (χ4v) is 0.741. The van der Waals surface area contributed by atoms with E-state index in [1.54, 1.807) is 0 Å². The van der Waals surface area contributed by atoms with Gasteiger partial charge in [0.15, 0.2) is 0 Å². The van der Waals surface area contributed by atoms with Gasteiger partial charge in [0, 0.05) is 0 Å². The van der Waals surface area contributed by atoms with Gasteiger partial charge in [-0.05, 0) is 0 Å². The van der Waals surface area contributed by atoms with Crippen molar-refractivity contribution >= 4 is 15.1 Å². The van der Waals surface area contributed by atoms with Crippen LogP contribution < -0.4 is 4.98 Å². The zero-order chi connectivity index (χ0) is 5.86. The van der Waals surface area contributed by atoms with E-state index >= 15 is 0 Å². The first-order valence-corrected chi connectivity index (χ1v) is 5.01. The summed E-state index contributed by atoms with van der Waals surface area (Å²) >= 11 is 0. The van der Waals surface area contributed by atoms with Gasteiger partial charge in [-0.15, -0.1) is 0 Å². The Morgan fingerprint density at radius 1 is 1.71 bits per heavy atom. The van der Waals surface area contributed by atoms with E-state index in [0.717, 1.165) is 0 Å². The third-order valence-electron chi connectivity index (χ3n) is 0.412. The first-order valence-electron chi connectivity index (χ1n) is 2.12. The van der Waals surface area contributed by atoms with E-state index in [1.807, 2.05) is 13.1 Å². The third kappa shape index (κ3) is 5.49. The van der Waals surface area contributed by atoms with Gasteiger partial charge in [0.1, 0.15) is 8.96 Å². The van der Waals surface area contributed by atoms with Crippen LogP contribution in [-0.4, -0.2) is 20.2 Å². The third-order valence-corrected chi connectivity index (χ3v) is 1.24. The van der Waals surface area contributed by atoms with Crippen LogP contribution in [0.15, 0.2) is 0 Å². The Morgan fingerprint density at radius 2 is 2.14 bits per heavy atom. The molecule has 0 atom stereocenters. The fourth-order valence-electron chi connectivity index (χ4n) is 0.247. The standard InChI is InChI=1S/C3H9NO2Si/c1-7(2)4-3(5)6/h4,7H,1-2H3,(H,5,6). The van der Waals surface area contributed by atoms with E-state index in [0.29, 0.717) is 0 Å². The van der Waals surface area contributed by atoms with Crippen molar-refractivity contribution in [1.82, 2.24) is 4.98 Å². The molecule has 0 unspecified atom stereocenters. The molecule has 0 aliphatic heterocycles. The highest BCUT2D eigenvalue weighted by atomic mass is 28.3. The quantitative estimate of drug-likeness (QED) is 0.486. The van der Waals surface area contributed by atoms with Gasteiger partial charge in [0.2, 0.25) is 0 Å². The maximum Gasteiger partial charge on any atom is 0.396 e. The van der Waals surface area contributed by atoms with E-state index in [-0.39, 0.29) is 0 Å². The molecular formula is C3H9NO2Si. The van der Waals surface area contributed by atoms with E-state index in [2.05, 4.69) is 4.98 Å². The van der Waals surface area contributed by atoms with Crippen LogP contribution in [0.2, 0.25) is 13.1 Å². The second-order valence-corrected chi connectivity index (χ2v) is 4.20. The molecule has 0 saturated heterocycles. The highest BCUT2D eigenvalue weighted by molar-refractivity contribution is 6.55. The van der Waals surface area contributed by atoms with Gasteiger partial charge in [-0.1, -0.05) is 13.1 Å². The molecule has 1 amide bonds. The number of carbonyl (C=O) groups is 1. The summed E-state index contributed by atoms with van der Waals surface area (Å²) in [5.74, 6) is 0. The summed E-state index contributed by atoms with van der Waals surface area (Å²) < 4.78 is 0. The maximum atomic E-state index is 9.73. The number of amides is 1. The first kappa shape index (κ1) is 6.49. The Balaban J connectivity index is 3.13. The normalized spacial score (nSPS) is 9.00. The molecule has 0 rings (SSSR count). The predicted molar refractivity (Wildman–Crippen MR) is 30.0 cm³/mol. The molecule has 42 valence electrons. The molecule has 0 bridgehead atoms. The minimum Gasteiger partial charge on any atom is -0.466 e. The molecule has 0 spiro atoms. The molecule has 0 aromatic heterocycles. The lowest BCUT2D eigenvalue weighted by molar-refractivity contribution is 0.201. The van der Waals surface area contributed by atoms with Crippen LogP contribution >= 0.6 is 0 Å². The highest BCUT2D eigenvalue weighted by Crippen LogP contribution is 1.69. The number of rotatable bonds is 1. The Kier molecular flexibility index (Phi) is 2.43. The maximum absolute atomic E-state index is 9.73. The smallest absolute Gasteiger partial charge is 0.396 e. The van der Waals surface area contributed by atoms with E-state index in [1.165, 1.54) is 0 Å². The average molecular weight is 119 g/mol. The predicted octanol–water partition coefficient (Wildman–Crippen LogP) is 0.237. The summed E-state index contributed by atoms with van der Waals surface area (Å²) in [5, 5.41) is 8.01. The highest BCUT2D eigenvalue weighted by Gasteiger charge is 1.96. The van der Waals surface area contributed by atoms with Crippen molar-refractivity contribution in [2.45, 2.75) is 13.1 Å². The molecule has 0 heterocycles. The van der Waals surface area contributed by atoms with Crippen molar-refractivity contribution in [2.24, 2.45) is 0 Å². The molecule has 0 fully saturated rings. The number of hydrogen-bond acceptors (Lipinski definition) is 1. The Labute approximate surface area is 44.0 Å². The van der Waals surface area contributed by atoms with E-state index in [9.17, 15) is 4.79 Å². The number of carboxylic acid groups (broad SMARTS) is 1. The van der Waals surface area contributed by atoms with E-state index < -0.39 is 15.1 Å². The van der Waals surface area contributed by atoms with Gasteiger partial charge < -0.3 is 10.1 Å². The molecule has 0 saturated carbocycles. The lowest BCUT2D eigenvalue weighted by atomic mass is 11.3. The lowest BCUT2D eigenvalue weighted by Gasteiger charge is -1.98. The number of nitrogens with one attached hydrogen (secondary N) is 1. The van der Waals surface area contributed by atoms with Crippen LogP contribution in [0.1, 0.15) is 0 Å². The molecule has 7 heavy (non-hydrogen) atoms. The van der Waals surface area contributed by atoms with Crippen LogP contribution in [0, 0.1) is 0 Å². The summed E-state index contributed by atoms with van der Waals surface area (Å²) in [5.41, 5.74) is 0. The molecule has 0 aromatic rings. The van der Waals surface area contributed by atoms with Crippen LogP contribution in [0.25, 0.3) is 0 Å². The average Bonchev–Trinajstić information content (AvgIpc) is 1.27. The van der Waals surface area contributed by atoms with Gasteiger partial charge >= 0.3 is 6.09 Å². The zero-order valence-corrected chi connectivity index (χ0v) is 5.59. The van der Waals surface area contributed by atoms with Gasteiger partial charge in [-0.3, -0.25) is 0 Å². The SMILES string of the molecule is C[SiH](C)NC(=O)O. The van der Waals surface area contributed by atoms with Crippen molar-refractivity contribution in [2.75, 3.05) is 0 Å². The van der Waals surface area contributed by atoms with Crippen molar-refractivity contribution in [1.29, 1.82) is 0 Å². The van der Waals surface area contributed by atoms with Crippen molar-refractivity contribution in [3.63, 3.8) is 0 Å². The Bertz CT molecular complexity index is 73.3. The van der Waals surface area contributed by atoms with E-state index in [4.69, 9.17) is 5.11 Å². The summed E-state index contributed by atoms with van der Waals surface area (Å²) in [7, 11) is -1.08. The van der Waals surface area contributed by atoms with Gasteiger partial charge in [0.05, 0.1) is 0 Å². The fraction of sp³-hybridized carbons (Fsp3) is 0.667. The molecule has 2 N–H and O–H groups in total. The molecule has 0 aliphatic carbocycles. The minimum atomic E-state index is -1.08. The second-order valence-electron chi connectivity index (χ2n) is 1.60. The van der Waals surface area contributed by atoms with Crippen molar-refractivity contribution < 1.29 is 9.90 Å². The summed E-state index contributed by atoms with van der Waals surface area (Å²) in [4.78, 5) is 12.1. The van der Waals surface area contributed by atoms with Crippen LogP contribution in [0.4, 0.5) is 4.79 Å². The molecule has 0 aromatic carbocycles.